The lowest BCUT2D eigenvalue weighted by molar-refractivity contribution is -0.150. The van der Waals surface area contributed by atoms with Crippen LogP contribution in [0.25, 0.3) is 0 Å². The number of esters is 1. The molecule has 0 aliphatic heterocycles. The second kappa shape index (κ2) is 11.4. The van der Waals surface area contributed by atoms with Crippen molar-refractivity contribution < 1.29 is 48.4 Å². The van der Waals surface area contributed by atoms with Crippen molar-refractivity contribution in [1.82, 2.24) is 5.32 Å². The standard InChI is InChI=1S/C22H23N3O10/c1-10(20(29)30)14(19(28)25-15(21(31)32)9-17(26)27)8-13-6-7-16(34-13)22(33)35-12-4-2-11(3-5-12)18(23)24/h2-7,10,14-15H,8-9H2,1H3,(H3,23,24)(H,25,28)(H,26,27)(H,29,30)(H,31,32)/t10?,14?,15-/m0/s1. The molecule has 0 saturated carbocycles. The highest BCUT2D eigenvalue weighted by atomic mass is 16.5. The van der Waals surface area contributed by atoms with E-state index in [0.717, 1.165) is 0 Å². The first kappa shape index (κ1) is 26.6. The highest BCUT2D eigenvalue weighted by Gasteiger charge is 2.34. The first-order valence-electron chi connectivity index (χ1n) is 10.1. The van der Waals surface area contributed by atoms with Crippen molar-refractivity contribution in [2.24, 2.45) is 17.6 Å². The molecule has 186 valence electrons. The Hall–Kier alpha value is -4.68. The minimum atomic E-state index is -1.76. The summed E-state index contributed by atoms with van der Waals surface area (Å²) in [5, 5.41) is 36.7. The van der Waals surface area contributed by atoms with Gasteiger partial charge in [-0.3, -0.25) is 19.8 Å². The molecule has 0 spiro atoms. The Morgan fingerprint density at radius 3 is 2.17 bits per heavy atom. The van der Waals surface area contributed by atoms with Crippen LogP contribution in [0.1, 0.15) is 35.2 Å². The topological polar surface area (TPSA) is 230 Å². The average molecular weight is 489 g/mol. The number of nitrogen functional groups attached to an aromatic ring is 1. The SMILES string of the molecule is CC(C(=O)O)C(Cc1ccc(C(=O)Oc2ccc(C(=N)N)cc2)o1)C(=O)N[C@@H](CC(=O)O)C(=O)O. The zero-order valence-electron chi connectivity index (χ0n) is 18.4. The van der Waals surface area contributed by atoms with E-state index in [2.05, 4.69) is 0 Å². The van der Waals surface area contributed by atoms with Gasteiger partial charge in [0, 0.05) is 12.0 Å². The highest BCUT2D eigenvalue weighted by molar-refractivity contribution is 5.95. The maximum Gasteiger partial charge on any atom is 0.379 e. The van der Waals surface area contributed by atoms with E-state index in [9.17, 15) is 29.1 Å². The molecular weight excluding hydrogens is 466 g/mol. The van der Waals surface area contributed by atoms with Crippen molar-refractivity contribution in [3.05, 3.63) is 53.5 Å². The lowest BCUT2D eigenvalue weighted by Gasteiger charge is -2.21. The van der Waals surface area contributed by atoms with Crippen LogP contribution in [0.3, 0.4) is 0 Å². The number of amides is 1. The third kappa shape index (κ3) is 7.42. The fourth-order valence-electron chi connectivity index (χ4n) is 3.00. The summed E-state index contributed by atoms with van der Waals surface area (Å²) in [5.74, 6) is -9.14. The fourth-order valence-corrected chi connectivity index (χ4v) is 3.00. The quantitative estimate of drug-likeness (QED) is 0.105. The van der Waals surface area contributed by atoms with Crippen LogP contribution in [-0.2, 0) is 25.6 Å². The van der Waals surface area contributed by atoms with Crippen LogP contribution in [0, 0.1) is 17.2 Å². The zero-order chi connectivity index (χ0) is 26.3. The smallest absolute Gasteiger partial charge is 0.379 e. The second-order valence-electron chi connectivity index (χ2n) is 7.53. The maximum atomic E-state index is 12.7. The third-order valence-electron chi connectivity index (χ3n) is 4.98. The molecular formula is C22H23N3O10. The van der Waals surface area contributed by atoms with E-state index in [1.807, 2.05) is 5.32 Å². The number of carboxylic acids is 3. The van der Waals surface area contributed by atoms with E-state index in [-0.39, 0.29) is 29.5 Å². The van der Waals surface area contributed by atoms with Crippen molar-refractivity contribution in [3.8, 4) is 5.75 Å². The van der Waals surface area contributed by atoms with Crippen LogP contribution < -0.4 is 15.8 Å². The van der Waals surface area contributed by atoms with Crippen LogP contribution >= 0.6 is 0 Å². The lowest BCUT2D eigenvalue weighted by Crippen LogP contribution is -2.47. The summed E-state index contributed by atoms with van der Waals surface area (Å²) in [7, 11) is 0. The molecule has 0 bridgehead atoms. The number of hydrogen-bond donors (Lipinski definition) is 6. The number of ether oxygens (including phenoxy) is 1. The Morgan fingerprint density at radius 2 is 1.66 bits per heavy atom. The van der Waals surface area contributed by atoms with Gasteiger partial charge in [-0.15, -0.1) is 0 Å². The van der Waals surface area contributed by atoms with Crippen LogP contribution in [-0.4, -0.2) is 57.0 Å². The molecule has 1 aromatic heterocycles. The number of benzene rings is 1. The van der Waals surface area contributed by atoms with Crippen LogP contribution in [0.15, 0.2) is 40.8 Å². The summed E-state index contributed by atoms with van der Waals surface area (Å²) in [5.41, 5.74) is 5.79. The van der Waals surface area contributed by atoms with Gasteiger partial charge in [-0.05, 0) is 36.4 Å². The van der Waals surface area contributed by atoms with E-state index < -0.39 is 54.1 Å². The van der Waals surface area contributed by atoms with Gasteiger partial charge >= 0.3 is 23.9 Å². The van der Waals surface area contributed by atoms with E-state index in [1.165, 1.54) is 43.3 Å². The second-order valence-corrected chi connectivity index (χ2v) is 7.53. The number of aliphatic carboxylic acids is 3. The predicted molar refractivity (Wildman–Crippen MR) is 117 cm³/mol. The average Bonchev–Trinajstić information content (AvgIpc) is 3.25. The van der Waals surface area contributed by atoms with Crippen LogP contribution in [0.4, 0.5) is 0 Å². The van der Waals surface area contributed by atoms with Gasteiger partial charge in [0.05, 0.1) is 18.3 Å². The van der Waals surface area contributed by atoms with E-state index in [4.69, 9.17) is 30.5 Å². The molecule has 0 fully saturated rings. The number of amidine groups is 1. The van der Waals surface area contributed by atoms with Gasteiger partial charge in [0.25, 0.3) is 0 Å². The summed E-state index contributed by atoms with van der Waals surface area (Å²) < 4.78 is 10.6. The lowest BCUT2D eigenvalue weighted by atomic mass is 9.89. The molecule has 13 heteroatoms. The number of carbonyl (C=O) groups is 5. The van der Waals surface area contributed by atoms with Crippen LogP contribution in [0.2, 0.25) is 0 Å². The largest absolute Gasteiger partial charge is 0.481 e. The van der Waals surface area contributed by atoms with Gasteiger partial charge in [-0.2, -0.15) is 0 Å². The molecule has 0 radical (unpaired) electrons. The van der Waals surface area contributed by atoms with Crippen molar-refractivity contribution in [1.29, 1.82) is 5.41 Å². The Kier molecular flexibility index (Phi) is 8.69. The molecule has 35 heavy (non-hydrogen) atoms. The van der Waals surface area contributed by atoms with Gasteiger partial charge < -0.3 is 35.5 Å². The Balaban J connectivity index is 2.15. The molecule has 1 aromatic carbocycles. The van der Waals surface area contributed by atoms with Gasteiger partial charge in [-0.25, -0.2) is 9.59 Å². The summed E-state index contributed by atoms with van der Waals surface area (Å²) in [6, 6.07) is 6.61. The normalized spacial score (nSPS) is 13.2. The number of furan rings is 1. The minimum absolute atomic E-state index is 0.0437. The van der Waals surface area contributed by atoms with Crippen molar-refractivity contribution >= 4 is 35.6 Å². The summed E-state index contributed by atoms with van der Waals surface area (Å²) in [4.78, 5) is 58.6. The zero-order valence-corrected chi connectivity index (χ0v) is 18.4. The maximum absolute atomic E-state index is 12.7. The molecule has 2 rings (SSSR count). The van der Waals surface area contributed by atoms with Gasteiger partial charge in [0.1, 0.15) is 23.4 Å². The molecule has 2 aromatic rings. The van der Waals surface area contributed by atoms with Crippen LogP contribution in [0.5, 0.6) is 5.75 Å². The van der Waals surface area contributed by atoms with E-state index in [0.29, 0.717) is 5.56 Å². The number of nitrogens with one attached hydrogen (secondary N) is 2. The van der Waals surface area contributed by atoms with Gasteiger partial charge in [0.2, 0.25) is 11.7 Å². The van der Waals surface area contributed by atoms with Gasteiger partial charge in [0.15, 0.2) is 0 Å². The molecule has 13 nitrogen and oxygen atoms in total. The highest BCUT2D eigenvalue weighted by Crippen LogP contribution is 2.22. The Morgan fingerprint density at radius 1 is 1.03 bits per heavy atom. The van der Waals surface area contributed by atoms with Crippen molar-refractivity contribution in [3.63, 3.8) is 0 Å². The summed E-state index contributed by atoms with van der Waals surface area (Å²) >= 11 is 0. The predicted octanol–water partition coefficient (Wildman–Crippen LogP) is 0.706. The van der Waals surface area contributed by atoms with Crippen molar-refractivity contribution in [2.75, 3.05) is 0 Å². The molecule has 1 heterocycles. The van der Waals surface area contributed by atoms with E-state index in [1.54, 1.807) is 0 Å². The number of carboxylic acid groups (broad SMARTS) is 3. The van der Waals surface area contributed by atoms with Crippen molar-refractivity contribution in [2.45, 2.75) is 25.8 Å². The molecule has 0 saturated heterocycles. The molecule has 0 aliphatic carbocycles. The number of hydrogen-bond acceptors (Lipinski definition) is 8. The monoisotopic (exact) mass is 489 g/mol. The molecule has 3 atom stereocenters. The fraction of sp³-hybridized carbons (Fsp3) is 0.273. The molecule has 0 aliphatic rings. The summed E-state index contributed by atoms with van der Waals surface area (Å²) in [6.45, 7) is 1.22. The van der Waals surface area contributed by atoms with Gasteiger partial charge in [-0.1, -0.05) is 6.92 Å². The Bertz CT molecular complexity index is 1140. The first-order valence-corrected chi connectivity index (χ1v) is 10.1. The number of carbonyl (C=O) groups excluding carboxylic acids is 2. The molecule has 7 N–H and O–H groups in total. The number of nitrogens with two attached hydrogens (primary N) is 1. The van der Waals surface area contributed by atoms with E-state index >= 15 is 0 Å². The molecule has 1 amide bonds. The number of rotatable bonds is 12. The molecule has 2 unspecified atom stereocenters. The Labute approximate surface area is 198 Å². The first-order chi connectivity index (χ1) is 16.4. The summed E-state index contributed by atoms with van der Waals surface area (Å²) in [6.07, 6.45) is -1.22. The third-order valence-corrected chi connectivity index (χ3v) is 4.98. The minimum Gasteiger partial charge on any atom is -0.481 e.